The fourth-order valence-corrected chi connectivity index (χ4v) is 10.1. The summed E-state index contributed by atoms with van der Waals surface area (Å²) in [7, 11) is 0. The Hall–Kier alpha value is -0.340. The zero-order valence-electron chi connectivity index (χ0n) is 23.3. The SMILES string of the molecule is CC1=CC[C@@H]2[C@@]3(C)C[C@@H](O)[C@H](O)C(C)(C)[C@@H]3CC[C@@]2(C)[C@]1(C)CC[C@@]1(C)CC[C@@H](C)[C@H](C)C1. The van der Waals surface area contributed by atoms with E-state index in [9.17, 15) is 10.2 Å². The van der Waals surface area contributed by atoms with Crippen molar-refractivity contribution in [3.8, 4) is 0 Å². The molecule has 4 aliphatic rings. The van der Waals surface area contributed by atoms with Gasteiger partial charge >= 0.3 is 0 Å². The van der Waals surface area contributed by atoms with Gasteiger partial charge in [-0.1, -0.05) is 67.0 Å². The second-order valence-electron chi connectivity index (χ2n) is 15.1. The molecule has 2 heteroatoms. The van der Waals surface area contributed by atoms with Crippen LogP contribution in [0.1, 0.15) is 120 Å². The van der Waals surface area contributed by atoms with Crippen LogP contribution < -0.4 is 0 Å². The molecule has 0 aromatic heterocycles. The van der Waals surface area contributed by atoms with E-state index in [-0.39, 0.29) is 21.7 Å². The molecule has 0 radical (unpaired) electrons. The molecule has 0 unspecified atom stereocenters. The summed E-state index contributed by atoms with van der Waals surface area (Å²) in [6.45, 7) is 22.0. The van der Waals surface area contributed by atoms with Gasteiger partial charge in [-0.25, -0.2) is 0 Å². The standard InChI is InChI=1S/C31H54O2/c1-20-12-14-28(6,18-21(20)2)16-17-30(8)22(3)10-11-25-29(7)19-23(32)26(33)27(4,5)24(29)13-15-31(25,30)9/h10,20-21,23-26,32-33H,11-19H2,1-9H3/t20-,21-,23-,24+,25-,26+,28-,29+,30-,31-/m1/s1. The number of aliphatic hydroxyl groups excluding tert-OH is 2. The first-order chi connectivity index (χ1) is 15.1. The van der Waals surface area contributed by atoms with E-state index in [0.29, 0.717) is 17.3 Å². The van der Waals surface area contributed by atoms with Crippen molar-refractivity contribution in [3.05, 3.63) is 11.6 Å². The first-order valence-corrected chi connectivity index (χ1v) is 14.1. The van der Waals surface area contributed by atoms with E-state index in [1.165, 1.54) is 44.9 Å². The minimum absolute atomic E-state index is 0.0757. The van der Waals surface area contributed by atoms with E-state index in [1.54, 1.807) is 5.57 Å². The van der Waals surface area contributed by atoms with Crippen LogP contribution in [0.2, 0.25) is 0 Å². The number of rotatable bonds is 3. The lowest BCUT2D eigenvalue weighted by Gasteiger charge is -2.69. The molecule has 0 aliphatic heterocycles. The zero-order valence-corrected chi connectivity index (χ0v) is 23.3. The third-order valence-corrected chi connectivity index (χ3v) is 13.0. The summed E-state index contributed by atoms with van der Waals surface area (Å²) >= 11 is 0. The van der Waals surface area contributed by atoms with E-state index in [0.717, 1.165) is 24.7 Å². The fourth-order valence-electron chi connectivity index (χ4n) is 10.1. The van der Waals surface area contributed by atoms with Crippen LogP contribution in [-0.2, 0) is 0 Å². The maximum atomic E-state index is 11.0. The van der Waals surface area contributed by atoms with Crippen LogP contribution in [0.15, 0.2) is 11.6 Å². The van der Waals surface area contributed by atoms with E-state index in [4.69, 9.17) is 0 Å². The Balaban J connectivity index is 1.64. The Kier molecular flexibility index (Phi) is 6.31. The molecule has 3 saturated carbocycles. The number of allylic oxidation sites excluding steroid dienone is 2. The smallest absolute Gasteiger partial charge is 0.0852 e. The van der Waals surface area contributed by atoms with Crippen molar-refractivity contribution in [2.75, 3.05) is 0 Å². The van der Waals surface area contributed by atoms with Crippen LogP contribution in [-0.4, -0.2) is 22.4 Å². The molecule has 0 aromatic rings. The highest BCUT2D eigenvalue weighted by Gasteiger charge is 2.66. The quantitative estimate of drug-likeness (QED) is 0.424. The molecule has 3 fully saturated rings. The molecule has 4 aliphatic carbocycles. The number of fused-ring (bicyclic) bond motifs is 3. The highest BCUT2D eigenvalue weighted by atomic mass is 16.3. The van der Waals surface area contributed by atoms with Gasteiger partial charge in [-0.3, -0.25) is 0 Å². The Morgan fingerprint density at radius 1 is 0.848 bits per heavy atom. The van der Waals surface area contributed by atoms with Gasteiger partial charge in [0.25, 0.3) is 0 Å². The summed E-state index contributed by atoms with van der Waals surface area (Å²) in [5.41, 5.74) is 2.39. The topological polar surface area (TPSA) is 40.5 Å². The molecule has 0 heterocycles. The second kappa shape index (κ2) is 8.09. The summed E-state index contributed by atoms with van der Waals surface area (Å²) in [6, 6.07) is 0. The Labute approximate surface area is 205 Å². The average Bonchev–Trinajstić information content (AvgIpc) is 2.72. The molecule has 0 saturated heterocycles. The van der Waals surface area contributed by atoms with E-state index < -0.39 is 12.2 Å². The lowest BCUT2D eigenvalue weighted by Crippen LogP contribution is -2.65. The van der Waals surface area contributed by atoms with Crippen LogP contribution in [0.3, 0.4) is 0 Å². The average molecular weight is 459 g/mol. The van der Waals surface area contributed by atoms with Gasteiger partial charge in [-0.15, -0.1) is 0 Å². The molecular formula is C31H54O2. The minimum atomic E-state index is -0.609. The van der Waals surface area contributed by atoms with Crippen molar-refractivity contribution in [3.63, 3.8) is 0 Å². The van der Waals surface area contributed by atoms with Gasteiger partial charge in [0.1, 0.15) is 0 Å². The van der Waals surface area contributed by atoms with E-state index in [1.807, 2.05) is 0 Å². The lowest BCUT2D eigenvalue weighted by molar-refractivity contribution is -0.226. The summed E-state index contributed by atoms with van der Waals surface area (Å²) in [5.74, 6) is 2.75. The van der Waals surface area contributed by atoms with Crippen molar-refractivity contribution in [2.45, 2.75) is 132 Å². The number of aliphatic hydroxyl groups is 2. The van der Waals surface area contributed by atoms with Crippen LogP contribution >= 0.6 is 0 Å². The summed E-state index contributed by atoms with van der Waals surface area (Å²) < 4.78 is 0. The first-order valence-electron chi connectivity index (χ1n) is 14.1. The largest absolute Gasteiger partial charge is 0.390 e. The van der Waals surface area contributed by atoms with Crippen LogP contribution in [0.25, 0.3) is 0 Å². The van der Waals surface area contributed by atoms with Crippen molar-refractivity contribution in [2.24, 2.45) is 50.7 Å². The fraction of sp³-hybridized carbons (Fsp3) is 0.935. The molecular weight excluding hydrogens is 404 g/mol. The molecule has 0 aromatic carbocycles. The number of hydrogen-bond donors (Lipinski definition) is 2. The molecule has 2 nitrogen and oxygen atoms in total. The molecule has 0 amide bonds. The first kappa shape index (κ1) is 25.7. The minimum Gasteiger partial charge on any atom is -0.390 e. The van der Waals surface area contributed by atoms with Gasteiger partial charge in [0.05, 0.1) is 12.2 Å². The van der Waals surface area contributed by atoms with Crippen molar-refractivity contribution in [1.29, 1.82) is 0 Å². The Morgan fingerprint density at radius 2 is 1.52 bits per heavy atom. The van der Waals surface area contributed by atoms with Gasteiger partial charge in [0, 0.05) is 0 Å². The van der Waals surface area contributed by atoms with Gasteiger partial charge in [0.15, 0.2) is 0 Å². The monoisotopic (exact) mass is 458 g/mol. The molecule has 190 valence electrons. The van der Waals surface area contributed by atoms with Crippen LogP contribution in [0.4, 0.5) is 0 Å². The van der Waals surface area contributed by atoms with Gasteiger partial charge < -0.3 is 10.2 Å². The molecule has 10 atom stereocenters. The van der Waals surface area contributed by atoms with Crippen molar-refractivity contribution < 1.29 is 10.2 Å². The lowest BCUT2D eigenvalue weighted by atomic mass is 9.36. The third kappa shape index (κ3) is 3.71. The van der Waals surface area contributed by atoms with Crippen molar-refractivity contribution in [1.82, 2.24) is 0 Å². The Bertz CT molecular complexity index is 784. The predicted molar refractivity (Wildman–Crippen MR) is 139 cm³/mol. The maximum Gasteiger partial charge on any atom is 0.0852 e. The highest BCUT2D eigenvalue weighted by molar-refractivity contribution is 5.26. The normalized spacial score (nSPS) is 54.2. The van der Waals surface area contributed by atoms with E-state index in [2.05, 4.69) is 68.4 Å². The van der Waals surface area contributed by atoms with Gasteiger partial charge in [-0.2, -0.15) is 0 Å². The molecule has 0 bridgehead atoms. The third-order valence-electron chi connectivity index (χ3n) is 13.0. The number of hydrogen-bond acceptors (Lipinski definition) is 2. The molecule has 4 rings (SSSR count). The van der Waals surface area contributed by atoms with Gasteiger partial charge in [0.2, 0.25) is 0 Å². The summed E-state index contributed by atoms with van der Waals surface area (Å²) in [4.78, 5) is 0. The van der Waals surface area contributed by atoms with Crippen molar-refractivity contribution >= 4 is 0 Å². The predicted octanol–water partition coefficient (Wildman–Crippen LogP) is 7.78. The molecule has 33 heavy (non-hydrogen) atoms. The second-order valence-corrected chi connectivity index (χ2v) is 15.1. The summed E-state index contributed by atoms with van der Waals surface area (Å²) in [6.07, 6.45) is 12.4. The molecule has 0 spiro atoms. The van der Waals surface area contributed by atoms with Crippen LogP contribution in [0, 0.1) is 50.7 Å². The van der Waals surface area contributed by atoms with E-state index >= 15 is 0 Å². The zero-order chi connectivity index (χ0) is 24.6. The highest BCUT2D eigenvalue weighted by Crippen LogP contribution is 2.72. The van der Waals surface area contributed by atoms with Crippen LogP contribution in [0.5, 0.6) is 0 Å². The molecule has 2 N–H and O–H groups in total. The van der Waals surface area contributed by atoms with Gasteiger partial charge in [-0.05, 0) is 115 Å². The summed E-state index contributed by atoms with van der Waals surface area (Å²) in [5, 5.41) is 21.9. The maximum absolute atomic E-state index is 11.0. The Morgan fingerprint density at radius 3 is 2.15 bits per heavy atom.